The fourth-order valence-electron chi connectivity index (χ4n) is 1.38. The van der Waals surface area contributed by atoms with Crippen molar-refractivity contribution in [2.45, 2.75) is 12.8 Å². The van der Waals surface area contributed by atoms with Crippen molar-refractivity contribution in [3.8, 4) is 6.07 Å². The Morgan fingerprint density at radius 1 is 1.68 bits per heavy atom. The minimum atomic E-state index is -3.08. The molecule has 19 heavy (non-hydrogen) atoms. The highest BCUT2D eigenvalue weighted by molar-refractivity contribution is 5.74. The number of halogens is 2. The van der Waals surface area contributed by atoms with Gasteiger partial charge in [0, 0.05) is 11.6 Å². The molecule has 0 fully saturated rings. The van der Waals surface area contributed by atoms with Gasteiger partial charge in [0.2, 0.25) is 0 Å². The summed E-state index contributed by atoms with van der Waals surface area (Å²) in [5.41, 5.74) is -1.84. The van der Waals surface area contributed by atoms with Crippen molar-refractivity contribution in [2.75, 3.05) is 7.11 Å². The molecular weight excluding hydrogens is 264 g/mol. The molecule has 0 N–H and O–H groups in total. The van der Waals surface area contributed by atoms with Crippen LogP contribution in [0.4, 0.5) is 14.6 Å². The maximum Gasteiger partial charge on any atom is 0.369 e. The number of rotatable bonds is 4. The van der Waals surface area contributed by atoms with Gasteiger partial charge in [-0.05, 0) is 9.91 Å². The number of carbonyl (C=O) groups excluding carboxylic acids is 1. The summed E-state index contributed by atoms with van der Waals surface area (Å²) in [6.45, 7) is 0. The van der Waals surface area contributed by atoms with Crippen LogP contribution in [0.5, 0.6) is 0 Å². The Morgan fingerprint density at radius 2 is 2.32 bits per heavy atom. The fourth-order valence-corrected chi connectivity index (χ4v) is 1.38. The van der Waals surface area contributed by atoms with E-state index in [2.05, 4.69) is 9.72 Å². The molecule has 7 nitrogen and oxygen atoms in total. The third kappa shape index (κ3) is 3.19. The summed E-state index contributed by atoms with van der Waals surface area (Å²) in [6.07, 6.45) is -3.79. The van der Waals surface area contributed by atoms with E-state index in [1.54, 1.807) is 0 Å². The summed E-state index contributed by atoms with van der Waals surface area (Å²) in [4.78, 5) is 24.2. The number of hydrogen-bond donors (Lipinski definition) is 0. The zero-order chi connectivity index (χ0) is 14.6. The van der Waals surface area contributed by atoms with Crippen LogP contribution >= 0.6 is 0 Å². The van der Waals surface area contributed by atoms with Gasteiger partial charge in [0.1, 0.15) is 6.07 Å². The van der Waals surface area contributed by atoms with E-state index in [1.807, 2.05) is 0 Å². The van der Waals surface area contributed by atoms with E-state index < -0.39 is 46.4 Å². The quantitative estimate of drug-likeness (QED) is 0.466. The van der Waals surface area contributed by atoms with Crippen LogP contribution in [0.1, 0.15) is 23.2 Å². The van der Waals surface area contributed by atoms with Gasteiger partial charge >= 0.3 is 11.8 Å². The largest absolute Gasteiger partial charge is 0.469 e. The monoisotopic (exact) mass is 271 g/mol. The van der Waals surface area contributed by atoms with Crippen LogP contribution in [-0.4, -0.2) is 23.0 Å². The van der Waals surface area contributed by atoms with Crippen LogP contribution in [0.25, 0.3) is 0 Å². The minimum absolute atomic E-state index is 0.518. The lowest BCUT2D eigenvalue weighted by atomic mass is 10.1. The van der Waals surface area contributed by atoms with Gasteiger partial charge in [-0.2, -0.15) is 5.26 Å². The third-order valence-corrected chi connectivity index (χ3v) is 2.21. The second-order valence-electron chi connectivity index (χ2n) is 3.32. The van der Waals surface area contributed by atoms with E-state index in [0.717, 1.165) is 13.2 Å². The van der Waals surface area contributed by atoms with E-state index in [0.29, 0.717) is 0 Å². The van der Waals surface area contributed by atoms with Crippen molar-refractivity contribution in [2.24, 2.45) is 0 Å². The van der Waals surface area contributed by atoms with Gasteiger partial charge in [0.15, 0.2) is 0 Å². The molecule has 0 bridgehead atoms. The normalized spacial score (nSPS) is 10.1. The van der Waals surface area contributed by atoms with E-state index in [1.165, 1.54) is 6.07 Å². The van der Waals surface area contributed by atoms with Gasteiger partial charge in [-0.25, -0.2) is 8.78 Å². The molecule has 0 unspecified atom stereocenters. The number of aromatic nitrogens is 1. The zero-order valence-electron chi connectivity index (χ0n) is 9.59. The maximum absolute atomic E-state index is 12.8. The molecule has 0 atom stereocenters. The van der Waals surface area contributed by atoms with Gasteiger partial charge in [-0.15, -0.1) is 0 Å². The van der Waals surface area contributed by atoms with Crippen LogP contribution in [0.3, 0.4) is 0 Å². The van der Waals surface area contributed by atoms with Crippen LogP contribution < -0.4 is 0 Å². The molecule has 0 saturated carbocycles. The first kappa shape index (κ1) is 14.4. The number of nitro groups is 1. The molecule has 1 rings (SSSR count). The first-order chi connectivity index (χ1) is 8.90. The predicted molar refractivity (Wildman–Crippen MR) is 56.3 cm³/mol. The molecule has 0 aromatic carbocycles. The van der Waals surface area contributed by atoms with Gasteiger partial charge in [0.25, 0.3) is 12.1 Å². The zero-order valence-corrected chi connectivity index (χ0v) is 9.59. The number of ether oxygens (including phenoxy) is 1. The van der Waals surface area contributed by atoms with Gasteiger partial charge in [0.05, 0.1) is 19.1 Å². The van der Waals surface area contributed by atoms with Crippen LogP contribution in [0.2, 0.25) is 0 Å². The van der Waals surface area contributed by atoms with Gasteiger partial charge < -0.3 is 14.9 Å². The average Bonchev–Trinajstić information content (AvgIpc) is 2.37. The lowest BCUT2D eigenvalue weighted by Gasteiger charge is -2.07. The highest BCUT2D eigenvalue weighted by Gasteiger charge is 2.28. The molecule has 0 aliphatic carbocycles. The number of esters is 1. The minimum Gasteiger partial charge on any atom is -0.469 e. The van der Waals surface area contributed by atoms with E-state index in [-0.39, 0.29) is 0 Å². The number of methoxy groups -OCH3 is 1. The molecule has 0 saturated heterocycles. The smallest absolute Gasteiger partial charge is 0.369 e. The maximum atomic E-state index is 12.8. The summed E-state index contributed by atoms with van der Waals surface area (Å²) in [6, 6.07) is 2.17. The number of nitrogens with zero attached hydrogens (tertiary/aromatic N) is 3. The van der Waals surface area contributed by atoms with Crippen LogP contribution in [0.15, 0.2) is 6.07 Å². The average molecular weight is 271 g/mol. The Bertz CT molecular complexity index is 569. The lowest BCUT2D eigenvalue weighted by Crippen LogP contribution is -2.12. The first-order valence-electron chi connectivity index (χ1n) is 4.84. The van der Waals surface area contributed by atoms with E-state index in [4.69, 9.17) is 5.26 Å². The number of hydrogen-bond acceptors (Lipinski definition) is 6. The first-order valence-corrected chi connectivity index (χ1v) is 4.84. The molecule has 0 aliphatic rings. The number of pyridine rings is 1. The summed E-state index contributed by atoms with van der Waals surface area (Å²) in [5, 5.41) is 19.4. The van der Waals surface area contributed by atoms with Gasteiger partial charge in [-0.1, -0.05) is 0 Å². The van der Waals surface area contributed by atoms with Crippen molar-refractivity contribution < 1.29 is 23.2 Å². The van der Waals surface area contributed by atoms with Crippen LogP contribution in [0, 0.1) is 21.4 Å². The van der Waals surface area contributed by atoms with Crippen molar-refractivity contribution in [3.05, 3.63) is 33.0 Å². The summed E-state index contributed by atoms with van der Waals surface area (Å²) >= 11 is 0. The number of carbonyl (C=O) groups is 1. The molecule has 0 spiro atoms. The summed E-state index contributed by atoms with van der Waals surface area (Å²) < 4.78 is 29.9. The van der Waals surface area contributed by atoms with Crippen molar-refractivity contribution in [1.29, 1.82) is 5.26 Å². The second kappa shape index (κ2) is 5.81. The number of alkyl halides is 2. The Labute approximate surface area is 105 Å². The highest BCUT2D eigenvalue weighted by Crippen LogP contribution is 2.29. The van der Waals surface area contributed by atoms with Crippen LogP contribution in [-0.2, 0) is 16.0 Å². The molecule has 1 heterocycles. The molecule has 0 aliphatic heterocycles. The SMILES string of the molecule is COC(=O)Cc1c(C(F)F)cc(C#N)nc1[N+](=O)[O-]. The predicted octanol–water partition coefficient (Wildman–Crippen LogP) is 1.51. The second-order valence-corrected chi connectivity index (χ2v) is 3.32. The fraction of sp³-hybridized carbons (Fsp3) is 0.300. The molecule has 1 aromatic heterocycles. The van der Waals surface area contributed by atoms with Gasteiger partial charge in [-0.3, -0.25) is 4.79 Å². The van der Waals surface area contributed by atoms with E-state index >= 15 is 0 Å². The number of nitriles is 1. The summed E-state index contributed by atoms with van der Waals surface area (Å²) in [5.74, 6) is -1.86. The third-order valence-electron chi connectivity index (χ3n) is 2.21. The molecule has 0 amide bonds. The molecule has 9 heteroatoms. The lowest BCUT2D eigenvalue weighted by molar-refractivity contribution is -0.390. The Hall–Kier alpha value is -2.63. The highest BCUT2D eigenvalue weighted by atomic mass is 19.3. The molecule has 0 radical (unpaired) electrons. The molecule has 1 aromatic rings. The Kier molecular flexibility index (Phi) is 4.41. The topological polar surface area (TPSA) is 106 Å². The Morgan fingerprint density at radius 3 is 2.74 bits per heavy atom. The summed E-state index contributed by atoms with van der Waals surface area (Å²) in [7, 11) is 1.02. The standard InChI is InChI=1S/C10H7F2N3O4/c1-19-8(16)3-7-6(9(11)12)2-5(4-13)14-10(7)15(17)18/h2,9H,3H2,1H3. The Balaban J connectivity index is 3.50. The van der Waals surface area contributed by atoms with Crippen molar-refractivity contribution >= 4 is 11.8 Å². The molecule has 100 valence electrons. The van der Waals surface area contributed by atoms with Crippen molar-refractivity contribution in [3.63, 3.8) is 0 Å². The molecular formula is C10H7F2N3O4. The van der Waals surface area contributed by atoms with E-state index in [9.17, 15) is 23.7 Å². The van der Waals surface area contributed by atoms with Crippen molar-refractivity contribution in [1.82, 2.24) is 4.98 Å².